The molecule has 0 unspecified atom stereocenters. The zero-order valence-corrected chi connectivity index (χ0v) is 18.5. The predicted octanol–water partition coefficient (Wildman–Crippen LogP) is 3.42. The van der Waals surface area contributed by atoms with Gasteiger partial charge in [0.25, 0.3) is 0 Å². The Morgan fingerprint density at radius 2 is 1.71 bits per heavy atom. The van der Waals surface area contributed by atoms with Crippen molar-refractivity contribution in [2.24, 2.45) is 5.92 Å². The van der Waals surface area contributed by atoms with Gasteiger partial charge < -0.3 is 20.3 Å². The van der Waals surface area contributed by atoms with Crippen LogP contribution in [0, 0.1) is 5.92 Å². The summed E-state index contributed by atoms with van der Waals surface area (Å²) < 4.78 is 5.65. The van der Waals surface area contributed by atoms with Gasteiger partial charge in [0.2, 0.25) is 5.95 Å². The summed E-state index contributed by atoms with van der Waals surface area (Å²) in [7, 11) is 0. The van der Waals surface area contributed by atoms with Crippen molar-refractivity contribution in [1.29, 1.82) is 0 Å². The Hall–Kier alpha value is -3.00. The zero-order chi connectivity index (χ0) is 22.2. The Balaban J connectivity index is 1.61. The van der Waals surface area contributed by atoms with Gasteiger partial charge in [-0.15, -0.1) is 0 Å². The molecule has 0 saturated carbocycles. The summed E-state index contributed by atoms with van der Waals surface area (Å²) in [6, 6.07) is 8.82. The van der Waals surface area contributed by atoms with E-state index in [4.69, 9.17) is 15.2 Å². The number of nitrogens with zero attached hydrogens (tertiary/aromatic N) is 5. The van der Waals surface area contributed by atoms with Gasteiger partial charge in [0.1, 0.15) is 0 Å². The number of hydrogen-bond acceptors (Lipinski definition) is 8. The summed E-state index contributed by atoms with van der Waals surface area (Å²) in [5.41, 5.74) is 7.59. The van der Waals surface area contributed by atoms with Crippen LogP contribution in [0.3, 0.4) is 0 Å². The second-order valence-electron chi connectivity index (χ2n) is 9.15. The van der Waals surface area contributed by atoms with Crippen LogP contribution in [0.25, 0.3) is 11.1 Å². The highest BCUT2D eigenvalue weighted by Gasteiger charge is 2.38. The van der Waals surface area contributed by atoms with Crippen LogP contribution in [-0.4, -0.2) is 43.9 Å². The summed E-state index contributed by atoms with van der Waals surface area (Å²) in [5.74, 6) is 1.17. The number of aliphatic hydroxyl groups is 1. The van der Waals surface area contributed by atoms with E-state index in [-0.39, 0.29) is 11.9 Å². The topological polar surface area (TPSA) is 114 Å². The lowest BCUT2D eigenvalue weighted by atomic mass is 9.72. The van der Waals surface area contributed by atoms with Gasteiger partial charge in [0.05, 0.1) is 11.0 Å². The monoisotopic (exact) mass is 422 g/mol. The smallest absolute Gasteiger partial charge is 0.324 e. The van der Waals surface area contributed by atoms with E-state index in [2.05, 4.69) is 65.1 Å². The first kappa shape index (κ1) is 21.2. The molecular weight excluding hydrogens is 392 g/mol. The summed E-state index contributed by atoms with van der Waals surface area (Å²) in [6.07, 6.45) is 4.81. The molecule has 0 amide bonds. The third-order valence-electron chi connectivity index (χ3n) is 6.64. The van der Waals surface area contributed by atoms with Gasteiger partial charge in [0.15, 0.2) is 5.82 Å². The molecule has 8 nitrogen and oxygen atoms in total. The van der Waals surface area contributed by atoms with Gasteiger partial charge in [-0.25, -0.2) is 9.97 Å². The van der Waals surface area contributed by atoms with Crippen LogP contribution >= 0.6 is 0 Å². The van der Waals surface area contributed by atoms with Crippen molar-refractivity contribution >= 4 is 12.0 Å². The molecule has 1 aromatic carbocycles. The highest BCUT2D eigenvalue weighted by Crippen LogP contribution is 2.39. The largest absolute Gasteiger partial charge is 0.390 e. The molecule has 0 aliphatic carbocycles. The number of aromatic nitrogens is 4. The number of nitrogens with two attached hydrogens (primary N) is 1. The number of anilines is 2. The first-order valence-electron chi connectivity index (χ1n) is 10.7. The molecule has 3 aromatic rings. The standard InChI is InChI=1S/C23H30N6O2/c1-15(2)23(4,18-7-5-16(6-8-18)17-13-25-20(24)26-14-17)19-27-21(31-28-19)29-11-9-22(3,30)10-12-29/h5-8,13-15,30H,9-12H2,1-4H3,(H2,24,25,26)/t23-/m1/s1. The van der Waals surface area contributed by atoms with Gasteiger partial charge in [-0.2, -0.15) is 4.98 Å². The Morgan fingerprint density at radius 1 is 1.10 bits per heavy atom. The van der Waals surface area contributed by atoms with Crippen LogP contribution < -0.4 is 10.6 Å². The molecule has 2 aromatic heterocycles. The van der Waals surface area contributed by atoms with E-state index in [9.17, 15) is 5.11 Å². The van der Waals surface area contributed by atoms with E-state index in [0.717, 1.165) is 16.7 Å². The van der Waals surface area contributed by atoms with Gasteiger partial charge in [0, 0.05) is 31.0 Å². The number of rotatable bonds is 5. The number of piperidine rings is 1. The lowest BCUT2D eigenvalue weighted by Crippen LogP contribution is -2.42. The van der Waals surface area contributed by atoms with Crippen LogP contribution in [0.2, 0.25) is 0 Å². The molecule has 31 heavy (non-hydrogen) atoms. The fourth-order valence-corrected chi connectivity index (χ4v) is 3.95. The van der Waals surface area contributed by atoms with Gasteiger partial charge >= 0.3 is 6.01 Å². The Morgan fingerprint density at radius 3 is 2.29 bits per heavy atom. The van der Waals surface area contributed by atoms with E-state index in [1.54, 1.807) is 12.4 Å². The van der Waals surface area contributed by atoms with E-state index in [1.807, 2.05) is 6.92 Å². The molecule has 3 heterocycles. The maximum Gasteiger partial charge on any atom is 0.324 e. The van der Waals surface area contributed by atoms with E-state index in [0.29, 0.717) is 37.8 Å². The van der Waals surface area contributed by atoms with Crippen molar-refractivity contribution in [3.8, 4) is 11.1 Å². The van der Waals surface area contributed by atoms with Crippen LogP contribution in [0.1, 0.15) is 51.9 Å². The highest BCUT2D eigenvalue weighted by molar-refractivity contribution is 5.62. The average molecular weight is 423 g/mol. The van der Waals surface area contributed by atoms with Crippen molar-refractivity contribution in [3.05, 3.63) is 48.0 Å². The minimum Gasteiger partial charge on any atom is -0.390 e. The van der Waals surface area contributed by atoms with Crippen LogP contribution in [0.15, 0.2) is 41.2 Å². The van der Waals surface area contributed by atoms with Crippen molar-refractivity contribution < 1.29 is 9.63 Å². The van der Waals surface area contributed by atoms with Gasteiger partial charge in [-0.1, -0.05) is 43.3 Å². The second kappa shape index (κ2) is 7.92. The van der Waals surface area contributed by atoms with E-state index in [1.165, 1.54) is 0 Å². The average Bonchev–Trinajstić information content (AvgIpc) is 3.24. The Labute approximate surface area is 182 Å². The van der Waals surface area contributed by atoms with Crippen molar-refractivity contribution in [3.63, 3.8) is 0 Å². The molecule has 3 N–H and O–H groups in total. The minimum atomic E-state index is -0.622. The summed E-state index contributed by atoms with van der Waals surface area (Å²) >= 11 is 0. The van der Waals surface area contributed by atoms with Crippen LogP contribution in [0.5, 0.6) is 0 Å². The summed E-state index contributed by atoms with van der Waals surface area (Å²) in [5, 5.41) is 14.6. The molecule has 0 radical (unpaired) electrons. The maximum atomic E-state index is 10.2. The molecule has 1 aliphatic heterocycles. The molecule has 164 valence electrons. The number of hydrogen-bond donors (Lipinski definition) is 2. The van der Waals surface area contributed by atoms with Crippen molar-refractivity contribution in [2.75, 3.05) is 23.7 Å². The van der Waals surface area contributed by atoms with E-state index >= 15 is 0 Å². The maximum absolute atomic E-state index is 10.2. The minimum absolute atomic E-state index is 0.241. The fraction of sp³-hybridized carbons (Fsp3) is 0.478. The molecule has 1 saturated heterocycles. The Kier molecular flexibility index (Phi) is 5.43. The lowest BCUT2D eigenvalue weighted by molar-refractivity contribution is 0.0341. The second-order valence-corrected chi connectivity index (χ2v) is 9.15. The quantitative estimate of drug-likeness (QED) is 0.643. The SMILES string of the molecule is CC(C)[C@](C)(c1ccc(-c2cnc(N)nc2)cc1)c1noc(N2CCC(C)(O)CC2)n1. The van der Waals surface area contributed by atoms with Crippen molar-refractivity contribution in [2.45, 2.75) is 51.6 Å². The molecule has 1 atom stereocenters. The molecule has 1 aliphatic rings. The summed E-state index contributed by atoms with van der Waals surface area (Å²) in [6.45, 7) is 9.75. The van der Waals surface area contributed by atoms with Crippen LogP contribution in [-0.2, 0) is 5.41 Å². The third kappa shape index (κ3) is 4.12. The van der Waals surface area contributed by atoms with Gasteiger partial charge in [-0.3, -0.25) is 0 Å². The first-order chi connectivity index (χ1) is 14.7. The molecule has 8 heteroatoms. The normalized spacial score (nSPS) is 18.2. The number of nitrogen functional groups attached to an aromatic ring is 1. The molecule has 0 bridgehead atoms. The third-order valence-corrected chi connectivity index (χ3v) is 6.64. The van der Waals surface area contributed by atoms with Crippen LogP contribution in [0.4, 0.5) is 12.0 Å². The molecule has 0 spiro atoms. The zero-order valence-electron chi connectivity index (χ0n) is 18.5. The highest BCUT2D eigenvalue weighted by atomic mass is 16.5. The Bertz CT molecular complexity index is 1020. The van der Waals surface area contributed by atoms with Crippen molar-refractivity contribution in [1.82, 2.24) is 20.1 Å². The lowest BCUT2D eigenvalue weighted by Gasteiger charge is -2.34. The van der Waals surface area contributed by atoms with E-state index < -0.39 is 11.0 Å². The first-order valence-corrected chi connectivity index (χ1v) is 10.7. The van der Waals surface area contributed by atoms with Gasteiger partial charge in [-0.05, 0) is 43.7 Å². The fourth-order valence-electron chi connectivity index (χ4n) is 3.95. The molecule has 1 fully saturated rings. The molecular formula is C23H30N6O2. The molecule has 4 rings (SSSR count). The number of benzene rings is 1. The summed E-state index contributed by atoms with van der Waals surface area (Å²) in [4.78, 5) is 15.0. The predicted molar refractivity (Wildman–Crippen MR) is 120 cm³/mol.